The summed E-state index contributed by atoms with van der Waals surface area (Å²) >= 11 is 0. The summed E-state index contributed by atoms with van der Waals surface area (Å²) in [4.78, 5) is 1.65. The number of benzene rings is 2. The maximum Gasteiger partial charge on any atom is 0.205 e. The van der Waals surface area contributed by atoms with Crippen LogP contribution in [-0.4, -0.2) is 27.3 Å². The number of methoxy groups -OCH3 is 1. The van der Waals surface area contributed by atoms with Crippen molar-refractivity contribution in [2.24, 2.45) is 0 Å². The lowest BCUT2D eigenvalue weighted by Gasteiger charge is -2.01. The minimum atomic E-state index is 0.624. The van der Waals surface area contributed by atoms with Crippen LogP contribution in [0.4, 0.5) is 0 Å². The molecular weight excluding hydrogens is 276 g/mol. The molecule has 1 aromatic heterocycles. The molecule has 2 aromatic carbocycles. The van der Waals surface area contributed by atoms with E-state index in [1.54, 1.807) is 11.9 Å². The Morgan fingerprint density at radius 3 is 2.73 bits per heavy atom. The highest BCUT2D eigenvalue weighted by molar-refractivity contribution is 5.56. The molecule has 0 fully saturated rings. The Kier molecular flexibility index (Phi) is 4.44. The molecular formula is C17H18N4O. The van der Waals surface area contributed by atoms with Gasteiger partial charge in [-0.25, -0.2) is 0 Å². The van der Waals surface area contributed by atoms with Crippen molar-refractivity contribution in [2.75, 3.05) is 7.11 Å². The third-order valence-electron chi connectivity index (χ3n) is 3.45. The Hall–Kier alpha value is -2.69. The Morgan fingerprint density at radius 2 is 1.91 bits per heavy atom. The Labute approximate surface area is 129 Å². The van der Waals surface area contributed by atoms with E-state index in [0.29, 0.717) is 5.82 Å². The molecule has 0 aliphatic rings. The SMILES string of the molecule is COc1cccc(-c2nnn(CCCc3ccccc3)n2)c1. The summed E-state index contributed by atoms with van der Waals surface area (Å²) in [5.41, 5.74) is 2.24. The predicted molar refractivity (Wildman–Crippen MR) is 84.6 cm³/mol. The molecule has 112 valence electrons. The van der Waals surface area contributed by atoms with Crippen LogP contribution in [0.2, 0.25) is 0 Å². The van der Waals surface area contributed by atoms with Gasteiger partial charge in [-0.3, -0.25) is 0 Å². The molecule has 0 saturated heterocycles. The first-order valence-corrected chi connectivity index (χ1v) is 7.31. The molecule has 0 aliphatic heterocycles. The fraction of sp³-hybridized carbons (Fsp3) is 0.235. The van der Waals surface area contributed by atoms with Crippen molar-refractivity contribution in [3.05, 3.63) is 60.2 Å². The normalized spacial score (nSPS) is 10.6. The van der Waals surface area contributed by atoms with Gasteiger partial charge in [0.2, 0.25) is 5.82 Å². The minimum Gasteiger partial charge on any atom is -0.497 e. The number of aryl methyl sites for hydroxylation is 2. The first kappa shape index (κ1) is 14.3. The van der Waals surface area contributed by atoms with Gasteiger partial charge in [-0.1, -0.05) is 42.5 Å². The van der Waals surface area contributed by atoms with Gasteiger partial charge in [-0.05, 0) is 35.8 Å². The second-order valence-corrected chi connectivity index (χ2v) is 5.03. The van der Waals surface area contributed by atoms with Crippen LogP contribution < -0.4 is 4.74 Å². The summed E-state index contributed by atoms with van der Waals surface area (Å²) in [6.07, 6.45) is 1.99. The van der Waals surface area contributed by atoms with E-state index in [1.807, 2.05) is 30.3 Å². The van der Waals surface area contributed by atoms with Crippen LogP contribution in [0.1, 0.15) is 12.0 Å². The Morgan fingerprint density at radius 1 is 1.05 bits per heavy atom. The third kappa shape index (κ3) is 3.49. The standard InChI is InChI=1S/C17H18N4O/c1-22-16-11-5-10-15(13-16)17-18-20-21(19-17)12-6-9-14-7-3-2-4-8-14/h2-5,7-8,10-11,13H,6,9,12H2,1H3. The lowest BCUT2D eigenvalue weighted by atomic mass is 10.1. The van der Waals surface area contributed by atoms with Crippen molar-refractivity contribution < 1.29 is 4.74 Å². The van der Waals surface area contributed by atoms with E-state index >= 15 is 0 Å². The van der Waals surface area contributed by atoms with Gasteiger partial charge < -0.3 is 4.74 Å². The lowest BCUT2D eigenvalue weighted by molar-refractivity contribution is 0.415. The van der Waals surface area contributed by atoms with Crippen molar-refractivity contribution >= 4 is 0 Å². The molecule has 0 amide bonds. The highest BCUT2D eigenvalue weighted by Gasteiger charge is 2.06. The Balaban J connectivity index is 1.61. The number of aromatic nitrogens is 4. The highest BCUT2D eigenvalue weighted by Crippen LogP contribution is 2.19. The molecule has 0 atom stereocenters. The molecule has 0 unspecified atom stereocenters. The number of tetrazole rings is 1. The second kappa shape index (κ2) is 6.85. The van der Waals surface area contributed by atoms with E-state index in [-0.39, 0.29) is 0 Å². The van der Waals surface area contributed by atoms with E-state index in [2.05, 4.69) is 39.7 Å². The van der Waals surface area contributed by atoms with Crippen molar-refractivity contribution in [3.8, 4) is 17.1 Å². The zero-order valence-corrected chi connectivity index (χ0v) is 12.5. The molecule has 0 N–H and O–H groups in total. The summed E-state index contributed by atoms with van der Waals surface area (Å²) in [6, 6.07) is 18.1. The molecule has 5 nitrogen and oxygen atoms in total. The average molecular weight is 294 g/mol. The quantitative estimate of drug-likeness (QED) is 0.701. The van der Waals surface area contributed by atoms with Gasteiger partial charge in [0.15, 0.2) is 0 Å². The van der Waals surface area contributed by atoms with E-state index in [9.17, 15) is 0 Å². The van der Waals surface area contributed by atoms with Crippen LogP contribution in [0, 0.1) is 0 Å². The number of hydrogen-bond donors (Lipinski definition) is 0. The molecule has 22 heavy (non-hydrogen) atoms. The monoisotopic (exact) mass is 294 g/mol. The van der Waals surface area contributed by atoms with Crippen LogP contribution in [0.5, 0.6) is 5.75 Å². The van der Waals surface area contributed by atoms with E-state index in [4.69, 9.17) is 4.74 Å². The fourth-order valence-electron chi connectivity index (χ4n) is 2.28. The highest BCUT2D eigenvalue weighted by atomic mass is 16.5. The summed E-state index contributed by atoms with van der Waals surface area (Å²) < 4.78 is 5.21. The maximum atomic E-state index is 5.21. The molecule has 0 spiro atoms. The summed E-state index contributed by atoms with van der Waals surface area (Å²) in [7, 11) is 1.65. The van der Waals surface area contributed by atoms with E-state index < -0.39 is 0 Å². The predicted octanol–water partition coefficient (Wildman–Crippen LogP) is 2.98. The van der Waals surface area contributed by atoms with Crippen molar-refractivity contribution in [2.45, 2.75) is 19.4 Å². The third-order valence-corrected chi connectivity index (χ3v) is 3.45. The molecule has 3 rings (SSSR count). The zero-order valence-electron chi connectivity index (χ0n) is 12.5. The average Bonchev–Trinajstić information content (AvgIpc) is 3.05. The van der Waals surface area contributed by atoms with Gasteiger partial charge in [0.25, 0.3) is 0 Å². The molecule has 0 bridgehead atoms. The van der Waals surface area contributed by atoms with Crippen molar-refractivity contribution in [1.82, 2.24) is 20.2 Å². The fourth-order valence-corrected chi connectivity index (χ4v) is 2.28. The Bertz CT molecular complexity index is 724. The van der Waals surface area contributed by atoms with Gasteiger partial charge in [0.1, 0.15) is 5.75 Å². The summed E-state index contributed by atoms with van der Waals surface area (Å²) in [5.74, 6) is 1.41. The zero-order chi connectivity index (χ0) is 15.2. The van der Waals surface area contributed by atoms with Crippen LogP contribution in [0.3, 0.4) is 0 Å². The van der Waals surface area contributed by atoms with E-state index in [0.717, 1.165) is 30.7 Å². The van der Waals surface area contributed by atoms with Crippen LogP contribution >= 0.6 is 0 Å². The van der Waals surface area contributed by atoms with Gasteiger partial charge in [0.05, 0.1) is 13.7 Å². The first-order chi connectivity index (χ1) is 10.8. The molecule has 0 saturated carbocycles. The van der Waals surface area contributed by atoms with Crippen LogP contribution in [-0.2, 0) is 13.0 Å². The maximum absolute atomic E-state index is 5.21. The first-order valence-electron chi connectivity index (χ1n) is 7.31. The molecule has 5 heteroatoms. The summed E-state index contributed by atoms with van der Waals surface area (Å²) in [5, 5.41) is 12.7. The molecule has 3 aromatic rings. The largest absolute Gasteiger partial charge is 0.497 e. The topological polar surface area (TPSA) is 52.8 Å². The minimum absolute atomic E-state index is 0.624. The number of rotatable bonds is 6. The summed E-state index contributed by atoms with van der Waals surface area (Å²) in [6.45, 7) is 0.756. The van der Waals surface area contributed by atoms with Gasteiger partial charge >= 0.3 is 0 Å². The lowest BCUT2D eigenvalue weighted by Crippen LogP contribution is -2.03. The smallest absolute Gasteiger partial charge is 0.205 e. The second-order valence-electron chi connectivity index (χ2n) is 5.03. The molecule has 0 aliphatic carbocycles. The van der Waals surface area contributed by atoms with E-state index in [1.165, 1.54) is 5.56 Å². The van der Waals surface area contributed by atoms with Crippen LogP contribution in [0.15, 0.2) is 54.6 Å². The molecule has 1 heterocycles. The van der Waals surface area contributed by atoms with Crippen LogP contribution in [0.25, 0.3) is 11.4 Å². The number of hydrogen-bond acceptors (Lipinski definition) is 4. The molecule has 0 radical (unpaired) electrons. The van der Waals surface area contributed by atoms with Gasteiger partial charge in [0, 0.05) is 5.56 Å². The van der Waals surface area contributed by atoms with Gasteiger partial charge in [-0.2, -0.15) is 4.80 Å². The number of nitrogens with zero attached hydrogens (tertiary/aromatic N) is 4. The van der Waals surface area contributed by atoms with Crippen molar-refractivity contribution in [3.63, 3.8) is 0 Å². The van der Waals surface area contributed by atoms with Crippen molar-refractivity contribution in [1.29, 1.82) is 0 Å². The van der Waals surface area contributed by atoms with Gasteiger partial charge in [-0.15, -0.1) is 10.2 Å². The number of ether oxygens (including phenoxy) is 1.